The van der Waals surface area contributed by atoms with E-state index in [-0.39, 0.29) is 0 Å². The fraction of sp³-hybridized carbons (Fsp3) is 0.176. The molecule has 3 heterocycles. The van der Waals surface area contributed by atoms with Crippen LogP contribution in [0.25, 0.3) is 16.7 Å². The number of nitrogens with one attached hydrogen (secondary N) is 1. The lowest BCUT2D eigenvalue weighted by Gasteiger charge is -2.06. The summed E-state index contributed by atoms with van der Waals surface area (Å²) in [7, 11) is 4.05. The van der Waals surface area contributed by atoms with Crippen LogP contribution in [0.15, 0.2) is 48.2 Å². The zero-order valence-corrected chi connectivity index (χ0v) is 14.7. The molecule has 0 saturated carbocycles. The minimum atomic E-state index is 0.706. The molecule has 0 aliphatic rings. The summed E-state index contributed by atoms with van der Waals surface area (Å²) < 4.78 is 1.81. The quantitative estimate of drug-likeness (QED) is 0.596. The smallest absolute Gasteiger partial charge is 0.188 e. The van der Waals surface area contributed by atoms with Crippen LogP contribution in [0.1, 0.15) is 5.69 Å². The lowest BCUT2D eigenvalue weighted by molar-refractivity contribution is 0.398. The van der Waals surface area contributed by atoms with Crippen molar-refractivity contribution in [2.45, 2.75) is 6.54 Å². The Morgan fingerprint density at radius 2 is 2.00 bits per heavy atom. The molecule has 8 heteroatoms. The molecule has 0 amide bonds. The van der Waals surface area contributed by atoms with E-state index in [1.165, 1.54) is 0 Å². The molecule has 0 atom stereocenters. The van der Waals surface area contributed by atoms with Gasteiger partial charge in [0, 0.05) is 11.9 Å². The molecule has 4 aromatic rings. The molecule has 0 aliphatic carbocycles. The topological polar surface area (TPSA) is 71.8 Å². The largest absolute Gasteiger partial charge is 0.315 e. The summed E-state index contributed by atoms with van der Waals surface area (Å²) in [5, 5.41) is 11.5. The van der Waals surface area contributed by atoms with Gasteiger partial charge in [-0.05, 0) is 26.2 Å². The summed E-state index contributed by atoms with van der Waals surface area (Å²) >= 11 is 1.56. The zero-order chi connectivity index (χ0) is 17.2. The molecular formula is C17H17N7S. The summed E-state index contributed by atoms with van der Waals surface area (Å²) in [6.45, 7) is 0.809. The van der Waals surface area contributed by atoms with Crippen LogP contribution in [0, 0.1) is 0 Å². The van der Waals surface area contributed by atoms with E-state index in [4.69, 9.17) is 0 Å². The van der Waals surface area contributed by atoms with Crippen molar-refractivity contribution in [2.75, 3.05) is 19.4 Å². The molecule has 4 rings (SSSR count). The fourth-order valence-corrected chi connectivity index (χ4v) is 3.26. The molecule has 0 unspecified atom stereocenters. The van der Waals surface area contributed by atoms with E-state index >= 15 is 0 Å². The Morgan fingerprint density at radius 1 is 1.16 bits per heavy atom. The number of fused-ring (bicyclic) bond motifs is 1. The highest BCUT2D eigenvalue weighted by Crippen LogP contribution is 2.26. The minimum absolute atomic E-state index is 0.706. The van der Waals surface area contributed by atoms with Crippen molar-refractivity contribution < 1.29 is 0 Å². The van der Waals surface area contributed by atoms with Gasteiger partial charge in [0.05, 0.1) is 23.0 Å². The van der Waals surface area contributed by atoms with Crippen molar-refractivity contribution in [1.82, 2.24) is 29.6 Å². The number of hydrogen-bond acceptors (Lipinski definition) is 7. The first kappa shape index (κ1) is 15.7. The van der Waals surface area contributed by atoms with E-state index < -0.39 is 0 Å². The van der Waals surface area contributed by atoms with Crippen LogP contribution >= 0.6 is 11.3 Å². The summed E-state index contributed by atoms with van der Waals surface area (Å²) in [6, 6.07) is 9.92. The summed E-state index contributed by atoms with van der Waals surface area (Å²) in [5.74, 6) is 0.706. The van der Waals surface area contributed by atoms with Crippen LogP contribution in [0.4, 0.5) is 10.9 Å². The zero-order valence-electron chi connectivity index (χ0n) is 13.9. The van der Waals surface area contributed by atoms with Crippen molar-refractivity contribution >= 4 is 33.3 Å². The average molecular weight is 351 g/mol. The van der Waals surface area contributed by atoms with Crippen molar-refractivity contribution in [1.29, 1.82) is 0 Å². The van der Waals surface area contributed by atoms with Gasteiger partial charge in [-0.1, -0.05) is 18.2 Å². The molecular weight excluding hydrogens is 334 g/mol. The second-order valence-electron chi connectivity index (χ2n) is 5.86. The predicted molar refractivity (Wildman–Crippen MR) is 99.4 cm³/mol. The fourth-order valence-electron chi connectivity index (χ4n) is 2.56. The van der Waals surface area contributed by atoms with Crippen molar-refractivity contribution in [2.24, 2.45) is 0 Å². The number of rotatable bonds is 5. The van der Waals surface area contributed by atoms with E-state index in [1.807, 2.05) is 54.5 Å². The van der Waals surface area contributed by atoms with Crippen molar-refractivity contribution in [3.63, 3.8) is 0 Å². The van der Waals surface area contributed by atoms with Crippen molar-refractivity contribution in [3.05, 3.63) is 53.9 Å². The monoisotopic (exact) mass is 351 g/mol. The molecule has 0 fully saturated rings. The molecule has 0 radical (unpaired) electrons. The maximum atomic E-state index is 4.60. The third-order valence-corrected chi connectivity index (χ3v) is 4.43. The van der Waals surface area contributed by atoms with Crippen LogP contribution in [0.5, 0.6) is 0 Å². The summed E-state index contributed by atoms with van der Waals surface area (Å²) in [6.07, 6.45) is 3.32. The Kier molecular flexibility index (Phi) is 4.12. The molecule has 0 spiro atoms. The minimum Gasteiger partial charge on any atom is -0.315 e. The third kappa shape index (κ3) is 3.21. The Labute approximate surface area is 149 Å². The molecule has 0 bridgehead atoms. The first-order chi connectivity index (χ1) is 12.2. The van der Waals surface area contributed by atoms with Gasteiger partial charge >= 0.3 is 0 Å². The molecule has 1 aromatic carbocycles. The van der Waals surface area contributed by atoms with Gasteiger partial charge in [0.2, 0.25) is 0 Å². The van der Waals surface area contributed by atoms with Gasteiger partial charge in [0.1, 0.15) is 12.1 Å². The highest BCUT2D eigenvalue weighted by molar-refractivity contribution is 7.13. The van der Waals surface area contributed by atoms with Crippen molar-refractivity contribution in [3.8, 4) is 5.69 Å². The highest BCUT2D eigenvalue weighted by atomic mass is 32.1. The number of thiazole rings is 1. The molecule has 1 N–H and O–H groups in total. The molecule has 25 heavy (non-hydrogen) atoms. The summed E-state index contributed by atoms with van der Waals surface area (Å²) in [5.41, 5.74) is 2.75. The molecule has 3 aromatic heterocycles. The summed E-state index contributed by atoms with van der Waals surface area (Å²) in [4.78, 5) is 15.4. The molecule has 0 saturated heterocycles. The normalized spacial score (nSPS) is 11.3. The van der Waals surface area contributed by atoms with E-state index in [0.29, 0.717) is 5.82 Å². The second-order valence-corrected chi connectivity index (χ2v) is 6.72. The Balaban J connectivity index is 1.67. The Morgan fingerprint density at radius 3 is 2.80 bits per heavy atom. The maximum absolute atomic E-state index is 4.60. The van der Waals surface area contributed by atoms with Gasteiger partial charge in [-0.25, -0.2) is 19.6 Å². The Hall–Kier alpha value is -2.84. The van der Waals surface area contributed by atoms with Crippen LogP contribution in [-0.4, -0.2) is 43.7 Å². The van der Waals surface area contributed by atoms with E-state index in [2.05, 4.69) is 30.3 Å². The number of anilines is 2. The van der Waals surface area contributed by atoms with Crippen LogP contribution in [0.2, 0.25) is 0 Å². The maximum Gasteiger partial charge on any atom is 0.188 e. The number of hydrogen-bond donors (Lipinski definition) is 1. The number of nitrogens with zero attached hydrogens (tertiary/aromatic N) is 6. The lowest BCUT2D eigenvalue weighted by atomic mass is 10.3. The van der Waals surface area contributed by atoms with Crippen LogP contribution < -0.4 is 5.32 Å². The van der Waals surface area contributed by atoms with Crippen LogP contribution in [-0.2, 0) is 6.54 Å². The van der Waals surface area contributed by atoms with Crippen LogP contribution in [0.3, 0.4) is 0 Å². The van der Waals surface area contributed by atoms with E-state index in [0.717, 1.165) is 34.1 Å². The number of benzene rings is 1. The van der Waals surface area contributed by atoms with E-state index in [1.54, 1.807) is 23.9 Å². The number of para-hydroxylation sites is 1. The van der Waals surface area contributed by atoms with Gasteiger partial charge in [-0.2, -0.15) is 5.10 Å². The molecule has 7 nitrogen and oxygen atoms in total. The number of aromatic nitrogens is 5. The average Bonchev–Trinajstić information content (AvgIpc) is 3.22. The lowest BCUT2D eigenvalue weighted by Crippen LogP contribution is -2.10. The Bertz CT molecular complexity index is 991. The highest BCUT2D eigenvalue weighted by Gasteiger charge is 2.12. The van der Waals surface area contributed by atoms with Gasteiger partial charge in [0.25, 0.3) is 0 Å². The SMILES string of the molecule is CN(C)Cc1csc(Nc2ncnc3c2cnn3-c2ccccc2)n1. The third-order valence-electron chi connectivity index (χ3n) is 3.62. The predicted octanol–water partition coefficient (Wildman–Crippen LogP) is 3.08. The first-order valence-corrected chi connectivity index (χ1v) is 8.69. The van der Waals surface area contributed by atoms with Gasteiger partial charge in [-0.3, -0.25) is 0 Å². The van der Waals surface area contributed by atoms with Gasteiger partial charge < -0.3 is 10.2 Å². The molecule has 126 valence electrons. The van der Waals surface area contributed by atoms with Gasteiger partial charge in [0.15, 0.2) is 10.8 Å². The van der Waals surface area contributed by atoms with E-state index in [9.17, 15) is 0 Å². The standard InChI is InChI=1S/C17H17N7S/c1-23(2)9-12-10-25-17(21-12)22-15-14-8-20-24(16(14)19-11-18-15)13-6-4-3-5-7-13/h3-8,10-11H,9H2,1-2H3,(H,18,19,21,22). The second kappa shape index (κ2) is 6.58. The van der Waals surface area contributed by atoms with Gasteiger partial charge in [-0.15, -0.1) is 11.3 Å². The molecule has 0 aliphatic heterocycles. The first-order valence-electron chi connectivity index (χ1n) is 7.81.